The van der Waals surface area contributed by atoms with Gasteiger partial charge in [-0.3, -0.25) is 4.57 Å². The fourth-order valence-electron chi connectivity index (χ4n) is 1.78. The fraction of sp³-hybridized carbons (Fsp3) is 0.462. The highest BCUT2D eigenvalue weighted by molar-refractivity contribution is 5.30. The van der Waals surface area contributed by atoms with E-state index in [0.29, 0.717) is 0 Å². The highest BCUT2D eigenvalue weighted by atomic mass is 15.1. The van der Waals surface area contributed by atoms with Crippen LogP contribution in [0.4, 0.5) is 0 Å². The van der Waals surface area contributed by atoms with Crippen molar-refractivity contribution >= 4 is 0 Å². The number of rotatable bonds is 1. The molecule has 0 saturated carbocycles. The summed E-state index contributed by atoms with van der Waals surface area (Å²) in [7, 11) is 0. The lowest BCUT2D eigenvalue weighted by Gasteiger charge is -2.18. The molecule has 0 radical (unpaired) electrons. The van der Waals surface area contributed by atoms with Gasteiger partial charge in [-0.25, -0.2) is 15.0 Å². The Morgan fingerprint density at radius 1 is 1.06 bits per heavy atom. The van der Waals surface area contributed by atoms with Crippen molar-refractivity contribution in [3.63, 3.8) is 0 Å². The van der Waals surface area contributed by atoms with Crippen LogP contribution in [-0.4, -0.2) is 19.5 Å². The van der Waals surface area contributed by atoms with E-state index in [0.717, 1.165) is 23.0 Å². The number of imidazole rings is 1. The molecule has 0 aliphatic heterocycles. The number of hydrogen-bond acceptors (Lipinski definition) is 3. The average molecular weight is 230 g/mol. The highest BCUT2D eigenvalue weighted by Crippen LogP contribution is 2.21. The zero-order chi connectivity index (χ0) is 12.6. The third kappa shape index (κ3) is 2.20. The third-order valence-electron chi connectivity index (χ3n) is 2.76. The van der Waals surface area contributed by atoms with Crippen LogP contribution in [-0.2, 0) is 5.41 Å². The quantitative estimate of drug-likeness (QED) is 0.756. The van der Waals surface area contributed by atoms with Gasteiger partial charge in [-0.15, -0.1) is 0 Å². The SMILES string of the molecule is Cc1cnc(C)n1-c1cc(C(C)(C)C)ncn1. The summed E-state index contributed by atoms with van der Waals surface area (Å²) >= 11 is 0. The van der Waals surface area contributed by atoms with E-state index in [9.17, 15) is 0 Å². The normalized spacial score (nSPS) is 11.8. The van der Waals surface area contributed by atoms with Crippen molar-refractivity contribution in [1.82, 2.24) is 19.5 Å². The molecular formula is C13H18N4. The molecule has 4 nitrogen and oxygen atoms in total. The summed E-state index contributed by atoms with van der Waals surface area (Å²) in [5, 5.41) is 0. The summed E-state index contributed by atoms with van der Waals surface area (Å²) < 4.78 is 2.04. The van der Waals surface area contributed by atoms with Crippen LogP contribution in [0.15, 0.2) is 18.6 Å². The number of hydrogen-bond donors (Lipinski definition) is 0. The molecular weight excluding hydrogens is 212 g/mol. The average Bonchev–Trinajstić information content (AvgIpc) is 2.57. The molecule has 0 atom stereocenters. The van der Waals surface area contributed by atoms with Crippen molar-refractivity contribution in [1.29, 1.82) is 0 Å². The molecule has 0 aliphatic rings. The van der Waals surface area contributed by atoms with E-state index in [2.05, 4.69) is 35.7 Å². The number of aromatic nitrogens is 4. The first-order chi connectivity index (χ1) is 7.89. The van der Waals surface area contributed by atoms with Crippen molar-refractivity contribution in [3.8, 4) is 5.82 Å². The van der Waals surface area contributed by atoms with Gasteiger partial charge in [0.05, 0.1) is 5.69 Å². The Balaban J connectivity index is 2.55. The van der Waals surface area contributed by atoms with Gasteiger partial charge in [0.1, 0.15) is 18.0 Å². The Morgan fingerprint density at radius 2 is 1.76 bits per heavy atom. The molecule has 0 saturated heterocycles. The van der Waals surface area contributed by atoms with E-state index < -0.39 is 0 Å². The topological polar surface area (TPSA) is 43.6 Å². The second kappa shape index (κ2) is 3.95. The maximum Gasteiger partial charge on any atom is 0.141 e. The van der Waals surface area contributed by atoms with Crippen molar-refractivity contribution in [2.75, 3.05) is 0 Å². The number of aryl methyl sites for hydroxylation is 2. The monoisotopic (exact) mass is 230 g/mol. The molecule has 0 aromatic carbocycles. The predicted octanol–water partition coefficient (Wildman–Crippen LogP) is 2.58. The Morgan fingerprint density at radius 3 is 2.29 bits per heavy atom. The van der Waals surface area contributed by atoms with Crippen LogP contribution in [0.1, 0.15) is 38.0 Å². The van der Waals surface area contributed by atoms with Crippen LogP contribution >= 0.6 is 0 Å². The van der Waals surface area contributed by atoms with Crippen LogP contribution in [0.25, 0.3) is 5.82 Å². The molecule has 0 fully saturated rings. The van der Waals surface area contributed by atoms with Crippen LogP contribution in [0.3, 0.4) is 0 Å². The fourth-order valence-corrected chi connectivity index (χ4v) is 1.78. The van der Waals surface area contributed by atoms with E-state index in [1.165, 1.54) is 0 Å². The Labute approximate surface area is 102 Å². The molecule has 0 N–H and O–H groups in total. The summed E-state index contributed by atoms with van der Waals surface area (Å²) in [6, 6.07) is 2.03. The van der Waals surface area contributed by atoms with E-state index in [-0.39, 0.29) is 5.41 Å². The Hall–Kier alpha value is -1.71. The minimum Gasteiger partial charge on any atom is -0.285 e. The van der Waals surface area contributed by atoms with Gasteiger partial charge in [0, 0.05) is 23.4 Å². The lowest BCUT2D eigenvalue weighted by molar-refractivity contribution is 0.565. The predicted molar refractivity (Wildman–Crippen MR) is 67.3 cm³/mol. The van der Waals surface area contributed by atoms with Gasteiger partial charge in [-0.2, -0.15) is 0 Å². The zero-order valence-electron chi connectivity index (χ0n) is 11.0. The van der Waals surface area contributed by atoms with E-state index in [1.54, 1.807) is 6.33 Å². The Bertz CT molecular complexity index is 515. The van der Waals surface area contributed by atoms with E-state index >= 15 is 0 Å². The van der Waals surface area contributed by atoms with Gasteiger partial charge in [0.25, 0.3) is 0 Å². The summed E-state index contributed by atoms with van der Waals surface area (Å²) in [6.45, 7) is 10.4. The summed E-state index contributed by atoms with van der Waals surface area (Å²) in [4.78, 5) is 13.0. The van der Waals surface area contributed by atoms with Crippen LogP contribution < -0.4 is 0 Å². The smallest absolute Gasteiger partial charge is 0.141 e. The largest absolute Gasteiger partial charge is 0.285 e. The van der Waals surface area contributed by atoms with Crippen molar-refractivity contribution in [2.45, 2.75) is 40.0 Å². The molecule has 90 valence electrons. The molecule has 4 heteroatoms. The molecule has 2 aromatic heterocycles. The van der Waals surface area contributed by atoms with Gasteiger partial charge in [0.2, 0.25) is 0 Å². The summed E-state index contributed by atoms with van der Waals surface area (Å²) in [6.07, 6.45) is 3.48. The van der Waals surface area contributed by atoms with Gasteiger partial charge >= 0.3 is 0 Å². The lowest BCUT2D eigenvalue weighted by Crippen LogP contribution is -2.15. The molecule has 0 bridgehead atoms. The van der Waals surface area contributed by atoms with Crippen LogP contribution in [0.5, 0.6) is 0 Å². The first-order valence-corrected chi connectivity index (χ1v) is 5.73. The molecule has 0 amide bonds. The van der Waals surface area contributed by atoms with E-state index in [1.807, 2.05) is 30.7 Å². The molecule has 0 unspecified atom stereocenters. The highest BCUT2D eigenvalue weighted by Gasteiger charge is 2.17. The summed E-state index contributed by atoms with van der Waals surface area (Å²) in [5.74, 6) is 1.83. The minimum atomic E-state index is 0.0279. The standard InChI is InChI=1S/C13H18N4/c1-9-7-14-10(2)17(9)12-6-11(13(3,4)5)15-8-16-12/h6-8H,1-5H3. The molecule has 2 heterocycles. The maximum absolute atomic E-state index is 4.34. The second-order valence-corrected chi connectivity index (χ2v) is 5.29. The van der Waals surface area contributed by atoms with Gasteiger partial charge in [-0.1, -0.05) is 20.8 Å². The molecule has 0 spiro atoms. The van der Waals surface area contributed by atoms with Crippen molar-refractivity contribution in [3.05, 3.63) is 35.8 Å². The van der Waals surface area contributed by atoms with Crippen molar-refractivity contribution in [2.24, 2.45) is 0 Å². The van der Waals surface area contributed by atoms with Crippen LogP contribution in [0.2, 0.25) is 0 Å². The minimum absolute atomic E-state index is 0.0279. The lowest BCUT2D eigenvalue weighted by atomic mass is 9.92. The zero-order valence-corrected chi connectivity index (χ0v) is 11.0. The van der Waals surface area contributed by atoms with Crippen LogP contribution in [0, 0.1) is 13.8 Å². The molecule has 0 aliphatic carbocycles. The molecule has 2 rings (SSSR count). The first kappa shape index (κ1) is 11.8. The molecule has 17 heavy (non-hydrogen) atoms. The second-order valence-electron chi connectivity index (χ2n) is 5.29. The van der Waals surface area contributed by atoms with Gasteiger partial charge in [0.15, 0.2) is 0 Å². The van der Waals surface area contributed by atoms with Gasteiger partial charge < -0.3 is 0 Å². The summed E-state index contributed by atoms with van der Waals surface area (Å²) in [5.41, 5.74) is 2.15. The van der Waals surface area contributed by atoms with E-state index in [4.69, 9.17) is 0 Å². The molecule has 2 aromatic rings. The Kier molecular flexibility index (Phi) is 2.73. The number of nitrogens with zero attached hydrogens (tertiary/aromatic N) is 4. The third-order valence-corrected chi connectivity index (χ3v) is 2.76. The van der Waals surface area contributed by atoms with Gasteiger partial charge in [-0.05, 0) is 13.8 Å². The maximum atomic E-state index is 4.34. The van der Waals surface area contributed by atoms with Crippen molar-refractivity contribution < 1.29 is 0 Å². The first-order valence-electron chi connectivity index (χ1n) is 5.73.